The molecule has 0 aliphatic carbocycles. The Kier molecular flexibility index (Phi) is 2.67. The first-order chi connectivity index (χ1) is 7.15. The molecule has 1 unspecified atom stereocenters. The Hall–Kier alpha value is -1.06. The van der Waals surface area contributed by atoms with Gasteiger partial charge in [-0.25, -0.2) is 0 Å². The number of ether oxygens (including phenoxy) is 1. The minimum absolute atomic E-state index is 0.0655. The van der Waals surface area contributed by atoms with Gasteiger partial charge in [0.1, 0.15) is 0 Å². The average Bonchev–Trinajstić information content (AvgIpc) is 2.17. The highest BCUT2D eigenvalue weighted by atomic mass is 16.5. The molecule has 15 heavy (non-hydrogen) atoms. The lowest BCUT2D eigenvalue weighted by molar-refractivity contribution is 0.132. The lowest BCUT2D eigenvalue weighted by Crippen LogP contribution is -2.44. The van der Waals surface area contributed by atoms with Crippen molar-refractivity contribution < 1.29 is 4.74 Å². The number of nitrogen functional groups attached to an aromatic ring is 1. The van der Waals surface area contributed by atoms with Gasteiger partial charge in [0.2, 0.25) is 0 Å². The third-order valence-electron chi connectivity index (χ3n) is 3.07. The van der Waals surface area contributed by atoms with E-state index in [1.165, 1.54) is 11.1 Å². The van der Waals surface area contributed by atoms with Crippen LogP contribution in [-0.4, -0.2) is 20.3 Å². The fourth-order valence-corrected chi connectivity index (χ4v) is 2.36. The van der Waals surface area contributed by atoms with Crippen LogP contribution in [0, 0.1) is 0 Å². The third-order valence-corrected chi connectivity index (χ3v) is 3.07. The number of nitrogens with one attached hydrogen (secondary N) is 1. The van der Waals surface area contributed by atoms with Gasteiger partial charge in [-0.15, -0.1) is 0 Å². The molecule has 0 saturated heterocycles. The van der Waals surface area contributed by atoms with Gasteiger partial charge >= 0.3 is 0 Å². The molecule has 0 fully saturated rings. The Bertz CT molecular complexity index is 365. The molecule has 1 atom stereocenters. The van der Waals surface area contributed by atoms with Crippen molar-refractivity contribution in [2.24, 2.45) is 0 Å². The highest BCUT2D eigenvalue weighted by molar-refractivity contribution is 5.48. The van der Waals surface area contributed by atoms with Crippen LogP contribution in [0.5, 0.6) is 0 Å². The number of hydrogen-bond acceptors (Lipinski definition) is 3. The molecule has 1 aromatic carbocycles. The van der Waals surface area contributed by atoms with Crippen LogP contribution in [-0.2, 0) is 16.7 Å². The van der Waals surface area contributed by atoms with Crippen LogP contribution in [0.2, 0.25) is 0 Å². The van der Waals surface area contributed by atoms with Gasteiger partial charge in [-0.05, 0) is 23.3 Å². The van der Waals surface area contributed by atoms with E-state index in [1.807, 2.05) is 6.07 Å². The number of nitrogens with two attached hydrogens (primary N) is 1. The molecular formula is C12H18N2O. The standard InChI is InChI=1S/C12H18N2O/c1-12(8-15-2)7-14-6-9-5-10(13)3-4-11(9)12/h3-5,14H,6-8,13H2,1-2H3. The van der Waals surface area contributed by atoms with E-state index < -0.39 is 0 Å². The number of hydrogen-bond donors (Lipinski definition) is 2. The number of fused-ring (bicyclic) bond motifs is 1. The highest BCUT2D eigenvalue weighted by Crippen LogP contribution is 2.31. The molecule has 0 aromatic heterocycles. The molecule has 1 aliphatic heterocycles. The summed E-state index contributed by atoms with van der Waals surface area (Å²) in [6.07, 6.45) is 0. The normalized spacial score (nSPS) is 24.9. The molecule has 1 aromatic rings. The lowest BCUT2D eigenvalue weighted by atomic mass is 9.78. The molecule has 0 radical (unpaired) electrons. The molecule has 0 bridgehead atoms. The van der Waals surface area contributed by atoms with Gasteiger partial charge in [0.25, 0.3) is 0 Å². The summed E-state index contributed by atoms with van der Waals surface area (Å²) in [5.74, 6) is 0. The minimum Gasteiger partial charge on any atom is -0.399 e. The molecule has 3 nitrogen and oxygen atoms in total. The summed E-state index contributed by atoms with van der Waals surface area (Å²) in [6.45, 7) is 4.81. The topological polar surface area (TPSA) is 47.3 Å². The number of benzene rings is 1. The summed E-state index contributed by atoms with van der Waals surface area (Å²) >= 11 is 0. The molecular weight excluding hydrogens is 188 g/mol. The predicted octanol–water partition coefficient (Wildman–Crippen LogP) is 1.28. The van der Waals surface area contributed by atoms with Gasteiger partial charge in [-0.3, -0.25) is 0 Å². The zero-order chi connectivity index (χ0) is 10.9. The molecule has 2 rings (SSSR count). The lowest BCUT2D eigenvalue weighted by Gasteiger charge is -2.36. The summed E-state index contributed by atoms with van der Waals surface area (Å²) < 4.78 is 5.30. The fourth-order valence-electron chi connectivity index (χ4n) is 2.36. The third kappa shape index (κ3) is 1.85. The molecule has 1 aliphatic rings. The quantitative estimate of drug-likeness (QED) is 0.716. The first-order valence-electron chi connectivity index (χ1n) is 5.24. The van der Waals surface area contributed by atoms with Crippen LogP contribution in [0.3, 0.4) is 0 Å². The molecule has 0 amide bonds. The Balaban J connectivity index is 2.42. The van der Waals surface area contributed by atoms with E-state index in [4.69, 9.17) is 10.5 Å². The highest BCUT2D eigenvalue weighted by Gasteiger charge is 2.31. The summed E-state index contributed by atoms with van der Waals surface area (Å²) in [5, 5.41) is 3.41. The van der Waals surface area contributed by atoms with E-state index in [1.54, 1.807) is 7.11 Å². The summed E-state index contributed by atoms with van der Waals surface area (Å²) in [6, 6.07) is 6.15. The molecule has 1 heterocycles. The van der Waals surface area contributed by atoms with Gasteiger partial charge in [-0.1, -0.05) is 13.0 Å². The van der Waals surface area contributed by atoms with Crippen molar-refractivity contribution in [2.75, 3.05) is 26.0 Å². The van der Waals surface area contributed by atoms with Crippen molar-refractivity contribution in [1.82, 2.24) is 5.32 Å². The smallest absolute Gasteiger partial charge is 0.0568 e. The van der Waals surface area contributed by atoms with Crippen LogP contribution in [0.15, 0.2) is 18.2 Å². The van der Waals surface area contributed by atoms with E-state index >= 15 is 0 Å². The first-order valence-corrected chi connectivity index (χ1v) is 5.24. The number of anilines is 1. The van der Waals surface area contributed by atoms with Crippen molar-refractivity contribution in [3.8, 4) is 0 Å². The largest absolute Gasteiger partial charge is 0.399 e. The minimum atomic E-state index is 0.0655. The summed E-state index contributed by atoms with van der Waals surface area (Å²) in [4.78, 5) is 0. The van der Waals surface area contributed by atoms with Crippen LogP contribution >= 0.6 is 0 Å². The second-order valence-electron chi connectivity index (χ2n) is 4.51. The predicted molar refractivity (Wildman–Crippen MR) is 61.8 cm³/mol. The Morgan fingerprint density at radius 1 is 1.53 bits per heavy atom. The van der Waals surface area contributed by atoms with Gasteiger partial charge in [0.15, 0.2) is 0 Å². The monoisotopic (exact) mass is 206 g/mol. The second kappa shape index (κ2) is 3.83. The number of methoxy groups -OCH3 is 1. The van der Waals surface area contributed by atoms with Crippen molar-refractivity contribution in [3.05, 3.63) is 29.3 Å². The zero-order valence-electron chi connectivity index (χ0n) is 9.34. The fraction of sp³-hybridized carbons (Fsp3) is 0.500. The van der Waals surface area contributed by atoms with Crippen LogP contribution in [0.4, 0.5) is 5.69 Å². The molecule has 82 valence electrons. The van der Waals surface area contributed by atoms with E-state index in [9.17, 15) is 0 Å². The SMILES string of the molecule is COCC1(C)CNCc2cc(N)ccc21. The molecule has 0 saturated carbocycles. The summed E-state index contributed by atoms with van der Waals surface area (Å²) in [7, 11) is 1.75. The maximum Gasteiger partial charge on any atom is 0.0568 e. The zero-order valence-corrected chi connectivity index (χ0v) is 9.34. The molecule has 0 spiro atoms. The summed E-state index contributed by atoms with van der Waals surface area (Å²) in [5.41, 5.74) is 9.33. The van der Waals surface area contributed by atoms with Crippen molar-refractivity contribution >= 4 is 5.69 Å². The Morgan fingerprint density at radius 2 is 2.33 bits per heavy atom. The van der Waals surface area contributed by atoms with E-state index in [2.05, 4.69) is 24.4 Å². The van der Waals surface area contributed by atoms with E-state index in [0.29, 0.717) is 0 Å². The Morgan fingerprint density at radius 3 is 3.07 bits per heavy atom. The van der Waals surface area contributed by atoms with Gasteiger partial charge < -0.3 is 15.8 Å². The van der Waals surface area contributed by atoms with Gasteiger partial charge in [0, 0.05) is 31.3 Å². The second-order valence-corrected chi connectivity index (χ2v) is 4.51. The van der Waals surface area contributed by atoms with E-state index in [-0.39, 0.29) is 5.41 Å². The van der Waals surface area contributed by atoms with Gasteiger partial charge in [-0.2, -0.15) is 0 Å². The van der Waals surface area contributed by atoms with Crippen molar-refractivity contribution in [2.45, 2.75) is 18.9 Å². The maximum absolute atomic E-state index is 5.79. The van der Waals surface area contributed by atoms with Crippen molar-refractivity contribution in [1.29, 1.82) is 0 Å². The Labute approximate surface area is 90.6 Å². The van der Waals surface area contributed by atoms with Gasteiger partial charge in [0.05, 0.1) is 6.61 Å². The van der Waals surface area contributed by atoms with Crippen LogP contribution in [0.1, 0.15) is 18.1 Å². The van der Waals surface area contributed by atoms with Crippen molar-refractivity contribution in [3.63, 3.8) is 0 Å². The first kappa shape index (κ1) is 10.5. The number of rotatable bonds is 2. The van der Waals surface area contributed by atoms with Crippen LogP contribution < -0.4 is 11.1 Å². The van der Waals surface area contributed by atoms with E-state index in [0.717, 1.165) is 25.4 Å². The average molecular weight is 206 g/mol. The molecule has 3 N–H and O–H groups in total. The maximum atomic E-state index is 5.79. The molecule has 3 heteroatoms. The van der Waals surface area contributed by atoms with Crippen LogP contribution in [0.25, 0.3) is 0 Å².